The fraction of sp³-hybridized carbons (Fsp3) is 0.625. The molecule has 1 N–H and O–H groups in total. The van der Waals surface area contributed by atoms with Crippen molar-refractivity contribution in [1.82, 2.24) is 19.8 Å². The fourth-order valence-corrected chi connectivity index (χ4v) is 2.02. The number of carbonyl (C=O) groups excluding carboxylic acids is 1. The number of nitrogens with one attached hydrogen (secondary N) is 1. The van der Waals surface area contributed by atoms with Crippen LogP contribution in [-0.2, 0) is 0 Å². The Kier molecular flexibility index (Phi) is 2.74. The van der Waals surface area contributed by atoms with Crippen LogP contribution in [0.5, 0.6) is 0 Å². The van der Waals surface area contributed by atoms with Crippen LogP contribution in [0.1, 0.15) is 16.6 Å². The lowest BCUT2D eigenvalue weighted by Gasteiger charge is -2.31. The smallest absolute Gasteiger partial charge is 0.267 e. The van der Waals surface area contributed by atoms with Crippen molar-refractivity contribution < 1.29 is 4.79 Å². The first-order valence-electron chi connectivity index (χ1n) is 4.57. The second-order valence-electron chi connectivity index (χ2n) is 3.39. The largest absolute Gasteiger partial charge is 0.335 e. The third-order valence-electron chi connectivity index (χ3n) is 2.23. The molecule has 0 aliphatic carbocycles. The molecule has 76 valence electrons. The summed E-state index contributed by atoms with van der Waals surface area (Å²) >= 11 is 1.15. The summed E-state index contributed by atoms with van der Waals surface area (Å²) in [5.41, 5.74) is 0. The molecule has 1 aliphatic rings. The maximum absolute atomic E-state index is 11.8. The third-order valence-corrected chi connectivity index (χ3v) is 2.88. The molecule has 2 heterocycles. The van der Waals surface area contributed by atoms with Crippen molar-refractivity contribution in [2.45, 2.75) is 13.0 Å². The number of hydrogen-bond donors (Lipinski definition) is 1. The molecule has 0 spiro atoms. The van der Waals surface area contributed by atoms with E-state index >= 15 is 0 Å². The third kappa shape index (κ3) is 1.91. The molecular weight excluding hydrogens is 200 g/mol. The quantitative estimate of drug-likeness (QED) is 0.710. The highest BCUT2D eigenvalue weighted by Gasteiger charge is 2.22. The summed E-state index contributed by atoms with van der Waals surface area (Å²) in [5.74, 6) is 0.0494. The molecule has 1 aromatic heterocycles. The average molecular weight is 212 g/mol. The van der Waals surface area contributed by atoms with Gasteiger partial charge in [0.1, 0.15) is 4.88 Å². The van der Waals surface area contributed by atoms with Crippen LogP contribution in [0.2, 0.25) is 0 Å². The molecule has 0 aromatic carbocycles. The minimum Gasteiger partial charge on any atom is -0.335 e. The van der Waals surface area contributed by atoms with Crippen LogP contribution >= 0.6 is 11.5 Å². The van der Waals surface area contributed by atoms with Crippen molar-refractivity contribution in [3.8, 4) is 0 Å². The Bertz CT molecular complexity index is 313. The van der Waals surface area contributed by atoms with E-state index in [9.17, 15) is 4.79 Å². The number of nitrogens with zero attached hydrogens (tertiary/aromatic N) is 3. The van der Waals surface area contributed by atoms with E-state index in [1.807, 2.05) is 4.90 Å². The van der Waals surface area contributed by atoms with E-state index in [1.165, 1.54) is 6.20 Å². The van der Waals surface area contributed by atoms with Gasteiger partial charge >= 0.3 is 0 Å². The normalized spacial score (nSPS) is 22.4. The first-order valence-corrected chi connectivity index (χ1v) is 5.34. The molecule has 1 fully saturated rings. The van der Waals surface area contributed by atoms with E-state index in [0.717, 1.165) is 31.2 Å². The van der Waals surface area contributed by atoms with Crippen LogP contribution in [-0.4, -0.2) is 46.1 Å². The van der Waals surface area contributed by atoms with Gasteiger partial charge in [0.2, 0.25) is 0 Å². The van der Waals surface area contributed by atoms with Crippen molar-refractivity contribution >= 4 is 17.4 Å². The maximum Gasteiger partial charge on any atom is 0.267 e. The maximum atomic E-state index is 11.8. The molecule has 14 heavy (non-hydrogen) atoms. The van der Waals surface area contributed by atoms with Gasteiger partial charge in [-0.05, 0) is 18.5 Å². The molecule has 0 bridgehead atoms. The van der Waals surface area contributed by atoms with Crippen molar-refractivity contribution in [2.24, 2.45) is 0 Å². The Morgan fingerprint density at radius 2 is 2.64 bits per heavy atom. The molecule has 1 saturated heterocycles. The van der Waals surface area contributed by atoms with Gasteiger partial charge in [0.25, 0.3) is 5.91 Å². The van der Waals surface area contributed by atoms with Gasteiger partial charge in [-0.15, -0.1) is 5.10 Å². The molecule has 1 atom stereocenters. The van der Waals surface area contributed by atoms with Crippen LogP contribution < -0.4 is 5.32 Å². The van der Waals surface area contributed by atoms with E-state index in [2.05, 4.69) is 21.8 Å². The Morgan fingerprint density at radius 3 is 3.29 bits per heavy atom. The highest BCUT2D eigenvalue weighted by molar-refractivity contribution is 7.07. The van der Waals surface area contributed by atoms with E-state index in [1.54, 1.807) is 0 Å². The number of hydrogen-bond acceptors (Lipinski definition) is 5. The number of carbonyl (C=O) groups is 1. The van der Waals surface area contributed by atoms with Crippen molar-refractivity contribution in [3.05, 3.63) is 11.1 Å². The van der Waals surface area contributed by atoms with Crippen LogP contribution in [0.25, 0.3) is 0 Å². The molecule has 6 heteroatoms. The highest BCUT2D eigenvalue weighted by atomic mass is 32.1. The molecule has 1 amide bonds. The van der Waals surface area contributed by atoms with Crippen molar-refractivity contribution in [1.29, 1.82) is 0 Å². The first kappa shape index (κ1) is 9.54. The lowest BCUT2D eigenvalue weighted by Crippen LogP contribution is -2.51. The zero-order valence-electron chi connectivity index (χ0n) is 7.93. The second-order valence-corrected chi connectivity index (χ2v) is 4.17. The van der Waals surface area contributed by atoms with Crippen LogP contribution in [0.15, 0.2) is 6.20 Å². The van der Waals surface area contributed by atoms with Gasteiger partial charge in [-0.2, -0.15) is 0 Å². The number of amides is 1. The van der Waals surface area contributed by atoms with Crippen LogP contribution in [0.4, 0.5) is 0 Å². The zero-order chi connectivity index (χ0) is 9.97. The predicted molar refractivity (Wildman–Crippen MR) is 53.3 cm³/mol. The lowest BCUT2D eigenvalue weighted by atomic mass is 10.2. The number of aromatic nitrogens is 2. The predicted octanol–water partition coefficient (Wildman–Crippen LogP) is -0.0280. The zero-order valence-corrected chi connectivity index (χ0v) is 8.75. The first-order chi connectivity index (χ1) is 6.77. The Morgan fingerprint density at radius 1 is 1.79 bits per heavy atom. The topological polar surface area (TPSA) is 58.1 Å². The van der Waals surface area contributed by atoms with Crippen molar-refractivity contribution in [3.63, 3.8) is 0 Å². The SMILES string of the molecule is CC1CN(C(=O)c2cnns2)CCN1. The van der Waals surface area contributed by atoms with Crippen molar-refractivity contribution in [2.75, 3.05) is 19.6 Å². The van der Waals surface area contributed by atoms with E-state index in [0.29, 0.717) is 10.9 Å². The Labute approximate surface area is 86.3 Å². The average Bonchev–Trinajstić information content (AvgIpc) is 2.69. The van der Waals surface area contributed by atoms with E-state index < -0.39 is 0 Å². The Hall–Kier alpha value is -1.01. The van der Waals surface area contributed by atoms with Gasteiger partial charge in [-0.3, -0.25) is 4.79 Å². The van der Waals surface area contributed by atoms with Gasteiger partial charge in [0, 0.05) is 25.7 Å². The Balaban J connectivity index is 2.04. The molecule has 5 nitrogen and oxygen atoms in total. The molecule has 2 rings (SSSR count). The van der Waals surface area contributed by atoms with Gasteiger partial charge in [0.15, 0.2) is 0 Å². The van der Waals surface area contributed by atoms with E-state index in [4.69, 9.17) is 0 Å². The molecule has 1 aliphatic heterocycles. The summed E-state index contributed by atoms with van der Waals surface area (Å²) in [4.78, 5) is 14.3. The van der Waals surface area contributed by atoms with Gasteiger partial charge < -0.3 is 10.2 Å². The van der Waals surface area contributed by atoms with Gasteiger partial charge in [-0.25, -0.2) is 0 Å². The van der Waals surface area contributed by atoms with Crippen LogP contribution in [0.3, 0.4) is 0 Å². The standard InChI is InChI=1S/C8H12N4OS/c1-6-5-12(3-2-9-6)8(13)7-4-10-11-14-7/h4,6,9H,2-3,5H2,1H3. The second kappa shape index (κ2) is 4.02. The van der Waals surface area contributed by atoms with Gasteiger partial charge in [0.05, 0.1) is 6.20 Å². The molecule has 1 unspecified atom stereocenters. The number of piperazine rings is 1. The minimum absolute atomic E-state index is 0.0494. The lowest BCUT2D eigenvalue weighted by molar-refractivity contribution is 0.0714. The van der Waals surface area contributed by atoms with Gasteiger partial charge in [-0.1, -0.05) is 4.49 Å². The summed E-state index contributed by atoms with van der Waals surface area (Å²) in [6.07, 6.45) is 1.53. The summed E-state index contributed by atoms with van der Waals surface area (Å²) in [5, 5.41) is 6.95. The summed E-state index contributed by atoms with van der Waals surface area (Å²) in [6.45, 7) is 4.46. The molecule has 0 radical (unpaired) electrons. The summed E-state index contributed by atoms with van der Waals surface area (Å²) in [6, 6.07) is 0.369. The monoisotopic (exact) mass is 212 g/mol. The fourth-order valence-electron chi connectivity index (χ4n) is 1.53. The number of rotatable bonds is 1. The highest BCUT2D eigenvalue weighted by Crippen LogP contribution is 2.09. The molecular formula is C8H12N4OS. The molecule has 1 aromatic rings. The summed E-state index contributed by atoms with van der Waals surface area (Å²) in [7, 11) is 0. The summed E-state index contributed by atoms with van der Waals surface area (Å²) < 4.78 is 3.69. The van der Waals surface area contributed by atoms with Crippen LogP contribution in [0, 0.1) is 0 Å². The molecule has 0 saturated carbocycles. The van der Waals surface area contributed by atoms with E-state index in [-0.39, 0.29) is 5.91 Å². The minimum atomic E-state index is 0.0494.